The van der Waals surface area contributed by atoms with Crippen LogP contribution in [0.3, 0.4) is 0 Å². The van der Waals surface area contributed by atoms with Crippen molar-refractivity contribution < 1.29 is 8.42 Å². The van der Waals surface area contributed by atoms with Gasteiger partial charge in [0.1, 0.15) is 10.7 Å². The van der Waals surface area contributed by atoms with Crippen molar-refractivity contribution in [1.82, 2.24) is 9.29 Å². The number of rotatable bonds is 5. The smallest absolute Gasteiger partial charge is 0.246 e. The summed E-state index contributed by atoms with van der Waals surface area (Å²) in [5.41, 5.74) is 5.63. The zero-order valence-corrected chi connectivity index (χ0v) is 12.1. The Labute approximate surface area is 109 Å². The molecule has 0 aliphatic rings. The molecule has 2 N–H and O–H groups in total. The van der Waals surface area contributed by atoms with Crippen LogP contribution in [-0.2, 0) is 10.0 Å². The minimum absolute atomic E-state index is 0.0427. The van der Waals surface area contributed by atoms with Crippen LogP contribution in [0, 0.1) is 5.92 Å². The number of hydrogen-bond acceptors (Lipinski definition) is 4. The molecule has 0 saturated heterocycles. The van der Waals surface area contributed by atoms with E-state index in [1.807, 2.05) is 6.92 Å². The molecule has 1 unspecified atom stereocenters. The van der Waals surface area contributed by atoms with Crippen LogP contribution >= 0.6 is 0 Å². The highest BCUT2D eigenvalue weighted by Crippen LogP contribution is 2.22. The zero-order valence-electron chi connectivity index (χ0n) is 11.3. The van der Waals surface area contributed by atoms with Gasteiger partial charge in [-0.3, -0.25) is 0 Å². The second-order valence-electron chi connectivity index (χ2n) is 4.89. The van der Waals surface area contributed by atoms with Gasteiger partial charge in [0.25, 0.3) is 0 Å². The number of nitrogens with zero attached hydrogens (tertiary/aromatic N) is 2. The SMILES string of the molecule is CC(C)CC(C)N(C)S(=O)(=O)c1cccnc1N. The molecule has 0 amide bonds. The average Bonchev–Trinajstić information content (AvgIpc) is 2.27. The van der Waals surface area contributed by atoms with Crippen LogP contribution in [-0.4, -0.2) is 30.8 Å². The first-order chi connectivity index (χ1) is 8.26. The predicted molar refractivity (Wildman–Crippen MR) is 72.5 cm³/mol. The molecule has 0 saturated carbocycles. The molecule has 102 valence electrons. The van der Waals surface area contributed by atoms with Crippen LogP contribution in [0.1, 0.15) is 27.2 Å². The van der Waals surface area contributed by atoms with Crippen molar-refractivity contribution in [3.8, 4) is 0 Å². The molecule has 0 fully saturated rings. The molecule has 0 radical (unpaired) electrons. The molecule has 1 atom stereocenters. The number of pyridine rings is 1. The molecule has 0 spiro atoms. The van der Waals surface area contributed by atoms with Crippen molar-refractivity contribution in [2.24, 2.45) is 5.92 Å². The molecular weight excluding hydrogens is 250 g/mol. The number of sulfonamides is 1. The van der Waals surface area contributed by atoms with E-state index in [-0.39, 0.29) is 16.8 Å². The molecule has 18 heavy (non-hydrogen) atoms. The highest BCUT2D eigenvalue weighted by Gasteiger charge is 2.27. The van der Waals surface area contributed by atoms with Crippen molar-refractivity contribution in [3.63, 3.8) is 0 Å². The Hall–Kier alpha value is -1.14. The molecule has 1 rings (SSSR count). The summed E-state index contributed by atoms with van der Waals surface area (Å²) in [6.45, 7) is 6.02. The van der Waals surface area contributed by atoms with Gasteiger partial charge in [-0.15, -0.1) is 0 Å². The molecule has 0 aliphatic heterocycles. The first kappa shape index (κ1) is 14.9. The minimum Gasteiger partial charge on any atom is -0.383 e. The summed E-state index contributed by atoms with van der Waals surface area (Å²) in [7, 11) is -1.99. The Balaban J connectivity index is 3.04. The van der Waals surface area contributed by atoms with Crippen LogP contribution in [0.25, 0.3) is 0 Å². The van der Waals surface area contributed by atoms with Crippen LogP contribution in [0.2, 0.25) is 0 Å². The van der Waals surface area contributed by atoms with E-state index in [2.05, 4.69) is 18.8 Å². The molecular formula is C12H21N3O2S. The Morgan fingerprint density at radius 2 is 2.00 bits per heavy atom. The topological polar surface area (TPSA) is 76.3 Å². The largest absolute Gasteiger partial charge is 0.383 e. The maximum absolute atomic E-state index is 12.4. The fourth-order valence-electron chi connectivity index (χ4n) is 1.84. The van der Waals surface area contributed by atoms with Gasteiger partial charge in [-0.2, -0.15) is 4.31 Å². The third-order valence-electron chi connectivity index (χ3n) is 2.89. The van der Waals surface area contributed by atoms with Crippen LogP contribution in [0.15, 0.2) is 23.2 Å². The standard InChI is InChI=1S/C12H21N3O2S/c1-9(2)8-10(3)15(4)18(16,17)11-6-5-7-14-12(11)13/h5-7,9-10H,8H2,1-4H3,(H2,13,14). The van der Waals surface area contributed by atoms with E-state index in [0.29, 0.717) is 5.92 Å². The van der Waals surface area contributed by atoms with Gasteiger partial charge in [-0.05, 0) is 31.4 Å². The van der Waals surface area contributed by atoms with Crippen LogP contribution in [0.5, 0.6) is 0 Å². The molecule has 5 nitrogen and oxygen atoms in total. The number of nitrogen functional groups attached to an aromatic ring is 1. The molecule has 0 aliphatic carbocycles. The summed E-state index contributed by atoms with van der Waals surface area (Å²) in [6, 6.07) is 2.98. The van der Waals surface area contributed by atoms with Crippen molar-refractivity contribution >= 4 is 15.8 Å². The lowest BCUT2D eigenvalue weighted by atomic mass is 10.1. The third kappa shape index (κ3) is 3.20. The second-order valence-corrected chi connectivity index (χ2v) is 6.85. The lowest BCUT2D eigenvalue weighted by Gasteiger charge is -2.25. The minimum atomic E-state index is -3.57. The molecule has 1 heterocycles. The Kier molecular flexibility index (Phi) is 4.70. The first-order valence-electron chi connectivity index (χ1n) is 5.95. The van der Waals surface area contributed by atoms with E-state index in [1.54, 1.807) is 13.1 Å². The van der Waals surface area contributed by atoms with Crippen molar-refractivity contribution in [1.29, 1.82) is 0 Å². The average molecular weight is 271 g/mol. The summed E-state index contributed by atoms with van der Waals surface area (Å²) in [4.78, 5) is 3.89. The predicted octanol–water partition coefficient (Wildman–Crippen LogP) is 1.72. The fourth-order valence-corrected chi connectivity index (χ4v) is 3.28. The zero-order chi connectivity index (χ0) is 13.9. The van der Waals surface area contributed by atoms with E-state index in [9.17, 15) is 8.42 Å². The monoisotopic (exact) mass is 271 g/mol. The third-order valence-corrected chi connectivity index (χ3v) is 4.91. The van der Waals surface area contributed by atoms with Crippen LogP contribution in [0.4, 0.5) is 5.82 Å². The van der Waals surface area contributed by atoms with E-state index in [4.69, 9.17) is 5.73 Å². The van der Waals surface area contributed by atoms with Crippen molar-refractivity contribution in [2.75, 3.05) is 12.8 Å². The Morgan fingerprint density at radius 1 is 1.39 bits per heavy atom. The number of aromatic nitrogens is 1. The highest BCUT2D eigenvalue weighted by molar-refractivity contribution is 7.89. The second kappa shape index (κ2) is 5.67. The Bertz CT molecular complexity index is 500. The summed E-state index contributed by atoms with van der Waals surface area (Å²) in [5, 5.41) is 0. The maximum Gasteiger partial charge on any atom is 0.246 e. The molecule has 1 aromatic rings. The number of hydrogen-bond donors (Lipinski definition) is 1. The van der Waals surface area contributed by atoms with Gasteiger partial charge in [0.05, 0.1) is 0 Å². The fraction of sp³-hybridized carbons (Fsp3) is 0.583. The van der Waals surface area contributed by atoms with Gasteiger partial charge in [0.15, 0.2) is 0 Å². The van der Waals surface area contributed by atoms with Crippen molar-refractivity contribution in [3.05, 3.63) is 18.3 Å². The van der Waals surface area contributed by atoms with Gasteiger partial charge in [-0.1, -0.05) is 13.8 Å². The summed E-state index contributed by atoms with van der Waals surface area (Å²) in [6.07, 6.45) is 2.28. The normalized spacial score (nSPS) is 14.1. The first-order valence-corrected chi connectivity index (χ1v) is 7.39. The van der Waals surface area contributed by atoms with Crippen molar-refractivity contribution in [2.45, 2.75) is 38.1 Å². The highest BCUT2D eigenvalue weighted by atomic mass is 32.2. The van der Waals surface area contributed by atoms with Gasteiger partial charge in [0.2, 0.25) is 10.0 Å². The molecule has 1 aromatic heterocycles. The van der Waals surface area contributed by atoms with E-state index in [0.717, 1.165) is 6.42 Å². The maximum atomic E-state index is 12.4. The molecule has 6 heteroatoms. The van der Waals surface area contributed by atoms with Gasteiger partial charge >= 0.3 is 0 Å². The van der Waals surface area contributed by atoms with E-state index >= 15 is 0 Å². The molecule has 0 bridgehead atoms. The van der Waals surface area contributed by atoms with Gasteiger partial charge in [-0.25, -0.2) is 13.4 Å². The molecule has 0 aromatic carbocycles. The lowest BCUT2D eigenvalue weighted by molar-refractivity contribution is 0.338. The van der Waals surface area contributed by atoms with Gasteiger partial charge < -0.3 is 5.73 Å². The number of anilines is 1. The quantitative estimate of drug-likeness (QED) is 0.884. The van der Waals surface area contributed by atoms with Gasteiger partial charge in [0, 0.05) is 19.3 Å². The summed E-state index contributed by atoms with van der Waals surface area (Å²) in [5.74, 6) is 0.477. The number of nitrogens with two attached hydrogens (primary N) is 1. The van der Waals surface area contributed by atoms with Crippen LogP contribution < -0.4 is 5.73 Å². The van der Waals surface area contributed by atoms with E-state index in [1.165, 1.54) is 16.6 Å². The lowest BCUT2D eigenvalue weighted by Crippen LogP contribution is -2.36. The Morgan fingerprint density at radius 3 is 2.50 bits per heavy atom. The summed E-state index contributed by atoms with van der Waals surface area (Å²) < 4.78 is 26.1. The summed E-state index contributed by atoms with van der Waals surface area (Å²) >= 11 is 0. The van der Waals surface area contributed by atoms with E-state index < -0.39 is 10.0 Å².